The number of aliphatic hydroxyl groups excluding tert-OH is 2. The van der Waals surface area contributed by atoms with Gasteiger partial charge in [-0.2, -0.15) is 0 Å². The van der Waals surface area contributed by atoms with Crippen LogP contribution in [0.5, 0.6) is 0 Å². The molecule has 5 heteroatoms. The molecule has 0 spiro atoms. The Morgan fingerprint density at radius 2 is 1.52 bits per heavy atom. The van der Waals surface area contributed by atoms with E-state index in [4.69, 9.17) is 9.47 Å². The Kier molecular flexibility index (Phi) is 5.39. The predicted octanol–water partition coefficient (Wildman–Crippen LogP) is 1.84. The van der Waals surface area contributed by atoms with E-state index in [0.29, 0.717) is 25.7 Å². The maximum Gasteiger partial charge on any atom is 0.112 e. The number of nitrogens with zero attached hydrogens (tertiary/aromatic N) is 1. The van der Waals surface area contributed by atoms with E-state index in [9.17, 15) is 10.2 Å². The molecule has 2 saturated heterocycles. The fourth-order valence-electron chi connectivity index (χ4n) is 4.55. The van der Waals surface area contributed by atoms with E-state index in [0.717, 1.165) is 18.7 Å². The topological polar surface area (TPSA) is 62.2 Å². The van der Waals surface area contributed by atoms with Gasteiger partial charge in [0.15, 0.2) is 0 Å². The number of morpholine rings is 1. The smallest absolute Gasteiger partial charge is 0.112 e. The Labute approximate surface area is 149 Å². The van der Waals surface area contributed by atoms with Crippen LogP contribution in [0.3, 0.4) is 0 Å². The van der Waals surface area contributed by atoms with Gasteiger partial charge in [-0.05, 0) is 29.9 Å². The lowest BCUT2D eigenvalue weighted by Crippen LogP contribution is -2.58. The molecule has 1 aromatic carbocycles. The zero-order valence-corrected chi connectivity index (χ0v) is 14.7. The van der Waals surface area contributed by atoms with E-state index >= 15 is 0 Å². The minimum absolute atomic E-state index is 0.159. The molecule has 1 aliphatic carbocycles. The van der Waals surface area contributed by atoms with Gasteiger partial charge in [0, 0.05) is 13.1 Å². The van der Waals surface area contributed by atoms with E-state index in [1.54, 1.807) is 0 Å². The second kappa shape index (κ2) is 7.72. The largest absolute Gasteiger partial charge is 0.389 e. The minimum Gasteiger partial charge on any atom is -0.389 e. The third-order valence-corrected chi connectivity index (χ3v) is 6.11. The van der Waals surface area contributed by atoms with Gasteiger partial charge in [-0.3, -0.25) is 4.90 Å². The summed E-state index contributed by atoms with van der Waals surface area (Å²) >= 11 is 0. The molecule has 3 aliphatic rings. The molecule has 2 aliphatic heterocycles. The third-order valence-electron chi connectivity index (χ3n) is 6.11. The molecular formula is C20H29NO4. The second-order valence-corrected chi connectivity index (χ2v) is 7.60. The van der Waals surface area contributed by atoms with E-state index in [2.05, 4.69) is 29.2 Å². The van der Waals surface area contributed by atoms with Gasteiger partial charge >= 0.3 is 0 Å². The first-order chi connectivity index (χ1) is 12.2. The Balaban J connectivity index is 1.42. The molecule has 5 nitrogen and oxygen atoms in total. The molecule has 1 aromatic rings. The predicted molar refractivity (Wildman–Crippen MR) is 94.5 cm³/mol. The van der Waals surface area contributed by atoms with Gasteiger partial charge in [-0.1, -0.05) is 37.1 Å². The van der Waals surface area contributed by atoms with Crippen molar-refractivity contribution >= 4 is 0 Å². The molecule has 0 aromatic heterocycles. The number of hydrogen-bond donors (Lipinski definition) is 2. The number of ether oxygens (including phenoxy) is 2. The molecular weight excluding hydrogens is 318 g/mol. The van der Waals surface area contributed by atoms with Crippen molar-refractivity contribution in [3.05, 3.63) is 35.4 Å². The molecule has 4 atom stereocenters. The maximum atomic E-state index is 10.6. The summed E-state index contributed by atoms with van der Waals surface area (Å²) < 4.78 is 11.4. The van der Waals surface area contributed by atoms with Crippen molar-refractivity contribution in [2.45, 2.75) is 56.0 Å². The zero-order valence-electron chi connectivity index (χ0n) is 14.7. The van der Waals surface area contributed by atoms with Crippen molar-refractivity contribution in [1.82, 2.24) is 4.90 Å². The average Bonchev–Trinajstić information content (AvgIpc) is 3.20. The van der Waals surface area contributed by atoms with Gasteiger partial charge in [0.1, 0.15) is 18.3 Å². The number of benzene rings is 1. The van der Waals surface area contributed by atoms with Crippen molar-refractivity contribution in [1.29, 1.82) is 0 Å². The molecule has 0 amide bonds. The van der Waals surface area contributed by atoms with E-state index < -0.39 is 18.3 Å². The highest BCUT2D eigenvalue weighted by atomic mass is 16.5. The lowest BCUT2D eigenvalue weighted by molar-refractivity contribution is -0.180. The summed E-state index contributed by atoms with van der Waals surface area (Å²) in [5.41, 5.74) is 2.34. The molecule has 0 bridgehead atoms. The van der Waals surface area contributed by atoms with Crippen LogP contribution in [0.2, 0.25) is 0 Å². The number of rotatable bonds is 3. The molecule has 2 heterocycles. The highest BCUT2D eigenvalue weighted by molar-refractivity contribution is 5.28. The molecule has 3 fully saturated rings. The molecule has 0 unspecified atom stereocenters. The molecule has 1 saturated carbocycles. The van der Waals surface area contributed by atoms with Crippen LogP contribution in [0.1, 0.15) is 48.8 Å². The van der Waals surface area contributed by atoms with E-state index in [-0.39, 0.29) is 6.04 Å². The van der Waals surface area contributed by atoms with Crippen LogP contribution in [-0.4, -0.2) is 66.3 Å². The Hall–Kier alpha value is -0.980. The van der Waals surface area contributed by atoms with Crippen LogP contribution in [0.15, 0.2) is 24.3 Å². The van der Waals surface area contributed by atoms with E-state index in [1.807, 2.05) is 0 Å². The summed E-state index contributed by atoms with van der Waals surface area (Å²) in [5.74, 6) is 0.683. The van der Waals surface area contributed by atoms with Crippen LogP contribution >= 0.6 is 0 Å². The summed E-state index contributed by atoms with van der Waals surface area (Å²) in [6.07, 6.45) is 3.05. The van der Waals surface area contributed by atoms with Gasteiger partial charge in [0.2, 0.25) is 0 Å². The minimum atomic E-state index is -0.904. The Morgan fingerprint density at radius 3 is 2.20 bits per heavy atom. The van der Waals surface area contributed by atoms with Crippen molar-refractivity contribution in [3.63, 3.8) is 0 Å². The summed E-state index contributed by atoms with van der Waals surface area (Å²) in [6.45, 7) is 3.33. The SMILES string of the molecule is O[C@@H]1[C@H](O)[C@@H](N2CCOCC2)CO[C@@H]1c1ccc(C2CCCC2)cc1. The average molecular weight is 347 g/mol. The van der Waals surface area contributed by atoms with Crippen molar-refractivity contribution in [2.24, 2.45) is 0 Å². The summed E-state index contributed by atoms with van der Waals surface area (Å²) in [6, 6.07) is 8.30. The van der Waals surface area contributed by atoms with Crippen LogP contribution in [-0.2, 0) is 9.47 Å². The Bertz CT molecular complexity index is 551. The highest BCUT2D eigenvalue weighted by Crippen LogP contribution is 2.36. The van der Waals surface area contributed by atoms with Gasteiger partial charge < -0.3 is 19.7 Å². The fourth-order valence-corrected chi connectivity index (χ4v) is 4.55. The third kappa shape index (κ3) is 3.62. The second-order valence-electron chi connectivity index (χ2n) is 7.60. The van der Waals surface area contributed by atoms with Gasteiger partial charge in [0.05, 0.1) is 25.9 Å². The quantitative estimate of drug-likeness (QED) is 0.874. The summed E-state index contributed by atoms with van der Waals surface area (Å²) in [4.78, 5) is 2.16. The number of hydrogen-bond acceptors (Lipinski definition) is 5. The molecule has 0 radical (unpaired) electrons. The van der Waals surface area contributed by atoms with Crippen LogP contribution < -0.4 is 0 Å². The van der Waals surface area contributed by atoms with Crippen molar-refractivity contribution in [2.75, 3.05) is 32.9 Å². The number of aliphatic hydroxyl groups is 2. The highest BCUT2D eigenvalue weighted by Gasteiger charge is 2.41. The lowest BCUT2D eigenvalue weighted by atomic mass is 9.90. The normalized spacial score (nSPS) is 35.1. The summed E-state index contributed by atoms with van der Waals surface area (Å²) in [7, 11) is 0. The van der Waals surface area contributed by atoms with Gasteiger partial charge in [-0.25, -0.2) is 0 Å². The summed E-state index contributed by atoms with van der Waals surface area (Å²) in [5, 5.41) is 21.3. The Morgan fingerprint density at radius 1 is 0.880 bits per heavy atom. The molecule has 2 N–H and O–H groups in total. The van der Waals surface area contributed by atoms with Crippen molar-refractivity contribution < 1.29 is 19.7 Å². The van der Waals surface area contributed by atoms with Crippen molar-refractivity contribution in [3.8, 4) is 0 Å². The van der Waals surface area contributed by atoms with Gasteiger partial charge in [0.25, 0.3) is 0 Å². The fraction of sp³-hybridized carbons (Fsp3) is 0.700. The molecule has 4 rings (SSSR count). The zero-order chi connectivity index (χ0) is 17.2. The molecule has 138 valence electrons. The molecule has 25 heavy (non-hydrogen) atoms. The first-order valence-corrected chi connectivity index (χ1v) is 9.63. The van der Waals surface area contributed by atoms with Crippen LogP contribution in [0, 0.1) is 0 Å². The van der Waals surface area contributed by atoms with E-state index in [1.165, 1.54) is 31.2 Å². The van der Waals surface area contributed by atoms with Crippen LogP contribution in [0.25, 0.3) is 0 Å². The lowest BCUT2D eigenvalue weighted by Gasteiger charge is -2.44. The van der Waals surface area contributed by atoms with Gasteiger partial charge in [-0.15, -0.1) is 0 Å². The first-order valence-electron chi connectivity index (χ1n) is 9.63. The van der Waals surface area contributed by atoms with Crippen LogP contribution in [0.4, 0.5) is 0 Å². The monoisotopic (exact) mass is 347 g/mol. The standard InChI is InChI=1S/C20H29NO4/c22-18-17(21-9-11-24-12-10-21)13-25-20(19(18)23)16-7-5-15(6-8-16)14-3-1-2-4-14/h5-8,14,17-20,22-23H,1-4,9-13H2/t17-,18+,19+,20+/m0/s1. The maximum absolute atomic E-state index is 10.6. The first kappa shape index (κ1) is 17.4.